The van der Waals surface area contributed by atoms with Crippen LogP contribution in [0.1, 0.15) is 5.56 Å². The Morgan fingerprint density at radius 3 is 2.64 bits per heavy atom. The largest absolute Gasteiger partial charge is 0.488 e. The molecule has 4 nitrogen and oxygen atoms in total. The molecule has 0 saturated heterocycles. The molecule has 25 heavy (non-hydrogen) atoms. The molecular weight excluding hydrogens is 387 g/mol. The summed E-state index contributed by atoms with van der Waals surface area (Å²) in [6.07, 6.45) is 0.490. The Labute approximate surface area is 156 Å². The first-order chi connectivity index (χ1) is 12.0. The van der Waals surface area contributed by atoms with Gasteiger partial charge in [-0.3, -0.25) is 4.79 Å². The first kappa shape index (κ1) is 19.4. The molecule has 0 aliphatic carbocycles. The number of carbonyl (C=O) groups excluding carboxylic acids is 1. The van der Waals surface area contributed by atoms with Crippen LogP contribution in [0.4, 0.5) is 4.39 Å². The molecule has 2 aromatic rings. The lowest BCUT2D eigenvalue weighted by Crippen LogP contribution is -3.10. The number of carbonyl (C=O) groups is 1. The van der Waals surface area contributed by atoms with Crippen LogP contribution in [0.25, 0.3) is 0 Å². The maximum atomic E-state index is 13.5. The molecule has 134 valence electrons. The average molecular weight is 410 g/mol. The van der Waals surface area contributed by atoms with Gasteiger partial charge in [-0.15, -0.1) is 0 Å². The topological polar surface area (TPSA) is 42.8 Å². The van der Waals surface area contributed by atoms with Crippen molar-refractivity contribution < 1.29 is 18.8 Å². The minimum atomic E-state index is -0.232. The van der Waals surface area contributed by atoms with Gasteiger partial charge in [0.05, 0.1) is 7.05 Å². The lowest BCUT2D eigenvalue weighted by molar-refractivity contribution is -0.871. The number of halogens is 2. The Kier molecular flexibility index (Phi) is 7.88. The zero-order valence-electron chi connectivity index (χ0n) is 14.2. The normalized spacial score (nSPS) is 11.8. The van der Waals surface area contributed by atoms with Crippen molar-refractivity contribution in [2.24, 2.45) is 0 Å². The van der Waals surface area contributed by atoms with Crippen molar-refractivity contribution in [3.8, 4) is 5.75 Å². The van der Waals surface area contributed by atoms with Crippen LogP contribution in [-0.4, -0.2) is 39.2 Å². The minimum Gasteiger partial charge on any atom is -0.488 e. The summed E-state index contributed by atoms with van der Waals surface area (Å²) in [5.41, 5.74) is 0.617. The highest BCUT2D eigenvalue weighted by atomic mass is 79.9. The van der Waals surface area contributed by atoms with Crippen molar-refractivity contribution in [3.63, 3.8) is 0 Å². The Balaban J connectivity index is 1.61. The highest BCUT2D eigenvalue weighted by Crippen LogP contribution is 2.15. The van der Waals surface area contributed by atoms with Crippen LogP contribution in [0.15, 0.2) is 53.0 Å². The number of amides is 1. The fourth-order valence-corrected chi connectivity index (χ4v) is 2.60. The first-order valence-corrected chi connectivity index (χ1v) is 9.03. The number of nitrogens with one attached hydrogen (secondary N) is 2. The minimum absolute atomic E-state index is 0.0440. The molecule has 0 aliphatic heterocycles. The van der Waals surface area contributed by atoms with Crippen LogP contribution >= 0.6 is 15.9 Å². The van der Waals surface area contributed by atoms with E-state index in [4.69, 9.17) is 4.74 Å². The van der Waals surface area contributed by atoms with Crippen LogP contribution in [0.2, 0.25) is 0 Å². The van der Waals surface area contributed by atoms with Crippen molar-refractivity contribution in [2.45, 2.75) is 6.42 Å². The molecule has 0 bridgehead atoms. The van der Waals surface area contributed by atoms with E-state index < -0.39 is 0 Å². The van der Waals surface area contributed by atoms with Gasteiger partial charge in [0.1, 0.15) is 24.7 Å². The van der Waals surface area contributed by atoms with Crippen LogP contribution < -0.4 is 15.0 Å². The van der Waals surface area contributed by atoms with Gasteiger partial charge in [-0.05, 0) is 42.3 Å². The first-order valence-electron chi connectivity index (χ1n) is 8.24. The number of quaternary nitrogens is 1. The standard InChI is InChI=1S/C19H22BrFN2O2/c1-23(12-13-25-17-8-6-16(20)7-9-17)14-19(24)22-11-10-15-4-2-3-5-18(15)21/h2-9H,10-14H2,1H3,(H,22,24)/p+1. The van der Waals surface area contributed by atoms with Crippen molar-refractivity contribution in [3.05, 3.63) is 64.4 Å². The van der Waals surface area contributed by atoms with Crippen LogP contribution in [-0.2, 0) is 11.2 Å². The highest BCUT2D eigenvalue weighted by molar-refractivity contribution is 9.10. The zero-order valence-corrected chi connectivity index (χ0v) is 15.8. The third kappa shape index (κ3) is 7.23. The van der Waals surface area contributed by atoms with Gasteiger partial charge in [0.15, 0.2) is 6.54 Å². The van der Waals surface area contributed by atoms with Gasteiger partial charge in [-0.25, -0.2) is 4.39 Å². The molecule has 6 heteroatoms. The Morgan fingerprint density at radius 2 is 1.92 bits per heavy atom. The van der Waals surface area contributed by atoms with Crippen LogP contribution in [0.5, 0.6) is 5.75 Å². The van der Waals surface area contributed by atoms with E-state index in [-0.39, 0.29) is 11.7 Å². The summed E-state index contributed by atoms with van der Waals surface area (Å²) < 4.78 is 20.2. The van der Waals surface area contributed by atoms with Gasteiger partial charge in [0, 0.05) is 11.0 Å². The molecule has 0 spiro atoms. The summed E-state index contributed by atoms with van der Waals surface area (Å²) in [5.74, 6) is 0.535. The van der Waals surface area contributed by atoms with Gasteiger partial charge in [0.2, 0.25) is 0 Å². The van der Waals surface area contributed by atoms with Gasteiger partial charge in [-0.1, -0.05) is 34.1 Å². The number of likely N-dealkylation sites (N-methyl/N-ethyl adjacent to an activating group) is 1. The van der Waals surface area contributed by atoms with Crippen molar-refractivity contribution >= 4 is 21.8 Å². The van der Waals surface area contributed by atoms with E-state index in [1.807, 2.05) is 31.3 Å². The van der Waals surface area contributed by atoms with Crippen molar-refractivity contribution in [1.82, 2.24) is 5.32 Å². The van der Waals surface area contributed by atoms with Gasteiger partial charge in [0.25, 0.3) is 5.91 Å². The molecule has 2 aromatic carbocycles. The molecule has 0 radical (unpaired) electrons. The van der Waals surface area contributed by atoms with E-state index in [9.17, 15) is 9.18 Å². The maximum Gasteiger partial charge on any atom is 0.275 e. The quantitative estimate of drug-likeness (QED) is 0.663. The molecule has 2 N–H and O–H groups in total. The average Bonchev–Trinajstić information content (AvgIpc) is 2.58. The third-order valence-electron chi connectivity index (χ3n) is 3.75. The lowest BCUT2D eigenvalue weighted by atomic mass is 10.1. The molecular formula is C19H23BrFN2O2+. The molecule has 1 unspecified atom stereocenters. The van der Waals surface area contributed by atoms with E-state index in [0.717, 1.165) is 21.7 Å². The second-order valence-electron chi connectivity index (χ2n) is 5.88. The SMILES string of the molecule is C[NH+](CCOc1ccc(Br)cc1)CC(=O)NCCc1ccccc1F. The molecule has 0 aromatic heterocycles. The molecule has 0 saturated carbocycles. The van der Waals surface area contributed by atoms with E-state index in [1.54, 1.807) is 18.2 Å². The fourth-order valence-electron chi connectivity index (χ4n) is 2.34. The summed E-state index contributed by atoms with van der Waals surface area (Å²) in [6, 6.07) is 14.3. The maximum absolute atomic E-state index is 13.5. The summed E-state index contributed by atoms with van der Waals surface area (Å²) in [5, 5.41) is 2.83. The summed E-state index contributed by atoms with van der Waals surface area (Å²) in [7, 11) is 1.95. The van der Waals surface area contributed by atoms with Gasteiger partial charge < -0.3 is 15.0 Å². The summed E-state index contributed by atoms with van der Waals surface area (Å²) >= 11 is 3.38. The molecule has 2 rings (SSSR count). The van der Waals surface area contributed by atoms with Crippen LogP contribution in [0, 0.1) is 5.82 Å². The summed E-state index contributed by atoms with van der Waals surface area (Å²) in [4.78, 5) is 13.0. The summed E-state index contributed by atoms with van der Waals surface area (Å²) in [6.45, 7) is 2.05. The van der Waals surface area contributed by atoms with E-state index in [1.165, 1.54) is 6.07 Å². The smallest absolute Gasteiger partial charge is 0.275 e. The van der Waals surface area contributed by atoms with Gasteiger partial charge in [-0.2, -0.15) is 0 Å². The molecule has 0 fully saturated rings. The Morgan fingerprint density at radius 1 is 1.20 bits per heavy atom. The highest BCUT2D eigenvalue weighted by Gasteiger charge is 2.10. The predicted octanol–water partition coefficient (Wildman–Crippen LogP) is 1.84. The Hall–Kier alpha value is -1.92. The van der Waals surface area contributed by atoms with E-state index in [0.29, 0.717) is 31.7 Å². The van der Waals surface area contributed by atoms with E-state index >= 15 is 0 Å². The van der Waals surface area contributed by atoms with Crippen molar-refractivity contribution in [1.29, 1.82) is 0 Å². The lowest BCUT2D eigenvalue weighted by Gasteiger charge is -2.14. The molecule has 1 amide bonds. The Bertz CT molecular complexity index is 679. The number of benzene rings is 2. The monoisotopic (exact) mass is 409 g/mol. The predicted molar refractivity (Wildman–Crippen MR) is 99.4 cm³/mol. The van der Waals surface area contributed by atoms with Crippen molar-refractivity contribution in [2.75, 3.05) is 33.3 Å². The molecule has 0 heterocycles. The van der Waals surface area contributed by atoms with Gasteiger partial charge >= 0.3 is 0 Å². The third-order valence-corrected chi connectivity index (χ3v) is 4.28. The number of rotatable bonds is 9. The second-order valence-corrected chi connectivity index (χ2v) is 6.79. The zero-order chi connectivity index (χ0) is 18.1. The number of hydrogen-bond acceptors (Lipinski definition) is 2. The number of hydrogen-bond donors (Lipinski definition) is 2. The fraction of sp³-hybridized carbons (Fsp3) is 0.316. The molecule has 1 atom stereocenters. The van der Waals surface area contributed by atoms with E-state index in [2.05, 4.69) is 21.2 Å². The molecule has 0 aliphatic rings. The van der Waals surface area contributed by atoms with Crippen LogP contribution in [0.3, 0.4) is 0 Å². The number of ether oxygens (including phenoxy) is 1. The second kappa shape index (κ2) is 10.2.